The number of Topliss-reactive ketones (excluding diaryl/α,β-unsaturated/α-hetero) is 1. The van der Waals surface area contributed by atoms with Crippen molar-refractivity contribution >= 4 is 11.8 Å². The first-order valence-electron chi connectivity index (χ1n) is 5.20. The Morgan fingerprint density at radius 2 is 2.06 bits per heavy atom. The molecule has 0 N–H and O–H groups in total. The Kier molecular flexibility index (Phi) is 4.41. The molecule has 4 nitrogen and oxygen atoms in total. The molecule has 17 heavy (non-hydrogen) atoms. The van der Waals surface area contributed by atoms with E-state index in [0.29, 0.717) is 11.1 Å². The Labute approximate surface area is 99.8 Å². The van der Waals surface area contributed by atoms with Crippen LogP contribution in [0.3, 0.4) is 0 Å². The molecule has 1 rings (SSSR count). The van der Waals surface area contributed by atoms with Gasteiger partial charge in [0.1, 0.15) is 0 Å². The lowest BCUT2D eigenvalue weighted by molar-refractivity contribution is -0.144. The number of hydrogen-bond acceptors (Lipinski definition) is 4. The minimum atomic E-state index is -0.501. The Balaban J connectivity index is 2.84. The van der Waals surface area contributed by atoms with Gasteiger partial charge >= 0.3 is 5.97 Å². The summed E-state index contributed by atoms with van der Waals surface area (Å²) >= 11 is 0. The minimum Gasteiger partial charge on any atom is -0.469 e. The molecule has 4 heteroatoms. The van der Waals surface area contributed by atoms with E-state index >= 15 is 0 Å². The lowest BCUT2D eigenvalue weighted by atomic mass is 9.97. The van der Waals surface area contributed by atoms with Crippen molar-refractivity contribution in [2.75, 3.05) is 7.11 Å². The van der Waals surface area contributed by atoms with E-state index in [-0.39, 0.29) is 12.2 Å². The summed E-state index contributed by atoms with van der Waals surface area (Å²) in [6, 6.07) is 8.51. The number of benzene rings is 1. The second-order valence-electron chi connectivity index (χ2n) is 3.71. The van der Waals surface area contributed by atoms with Crippen LogP contribution in [0.15, 0.2) is 24.3 Å². The first-order chi connectivity index (χ1) is 8.10. The normalized spacial score (nSPS) is 11.4. The molecule has 0 aliphatic carbocycles. The van der Waals surface area contributed by atoms with Gasteiger partial charge < -0.3 is 4.74 Å². The van der Waals surface area contributed by atoms with Crippen LogP contribution >= 0.6 is 0 Å². The quantitative estimate of drug-likeness (QED) is 0.586. The molecule has 0 heterocycles. The van der Waals surface area contributed by atoms with Crippen molar-refractivity contribution in [3.05, 3.63) is 35.4 Å². The topological polar surface area (TPSA) is 67.2 Å². The third-order valence-electron chi connectivity index (χ3n) is 2.44. The van der Waals surface area contributed by atoms with Gasteiger partial charge in [0.15, 0.2) is 5.78 Å². The molecule has 1 aromatic carbocycles. The molecule has 0 fully saturated rings. The van der Waals surface area contributed by atoms with Gasteiger partial charge in [-0.05, 0) is 6.07 Å². The summed E-state index contributed by atoms with van der Waals surface area (Å²) in [6.45, 7) is 1.62. The second-order valence-corrected chi connectivity index (χ2v) is 3.71. The molecular formula is C13H13NO3. The Bertz CT molecular complexity index is 474. The SMILES string of the molecule is COC(=O)C(C)CC(=O)c1ccccc1C#N. The highest BCUT2D eigenvalue weighted by atomic mass is 16.5. The van der Waals surface area contributed by atoms with E-state index in [9.17, 15) is 9.59 Å². The molecule has 0 aliphatic heterocycles. The van der Waals surface area contributed by atoms with Gasteiger partial charge in [0, 0.05) is 12.0 Å². The maximum Gasteiger partial charge on any atom is 0.308 e. The molecule has 0 aromatic heterocycles. The number of nitriles is 1. The molecule has 0 spiro atoms. The van der Waals surface area contributed by atoms with Gasteiger partial charge in [-0.3, -0.25) is 9.59 Å². The van der Waals surface area contributed by atoms with E-state index in [1.165, 1.54) is 7.11 Å². The maximum atomic E-state index is 11.9. The number of ketones is 1. The Morgan fingerprint density at radius 1 is 1.41 bits per heavy atom. The van der Waals surface area contributed by atoms with Crippen LogP contribution in [0.4, 0.5) is 0 Å². The molecule has 0 bridgehead atoms. The fourth-order valence-electron chi connectivity index (χ4n) is 1.50. The fourth-order valence-corrected chi connectivity index (χ4v) is 1.50. The minimum absolute atomic E-state index is 0.0470. The van der Waals surface area contributed by atoms with Gasteiger partial charge in [-0.2, -0.15) is 5.26 Å². The lowest BCUT2D eigenvalue weighted by Gasteiger charge is -2.08. The molecule has 0 aliphatic rings. The number of ether oxygens (including phenoxy) is 1. The van der Waals surface area contributed by atoms with Crippen molar-refractivity contribution < 1.29 is 14.3 Å². The number of methoxy groups -OCH3 is 1. The Morgan fingerprint density at radius 3 is 2.65 bits per heavy atom. The summed E-state index contributed by atoms with van der Waals surface area (Å²) < 4.78 is 4.55. The largest absolute Gasteiger partial charge is 0.469 e. The van der Waals surface area contributed by atoms with E-state index in [0.717, 1.165) is 0 Å². The highest BCUT2D eigenvalue weighted by Crippen LogP contribution is 2.14. The average molecular weight is 231 g/mol. The van der Waals surface area contributed by atoms with Crippen LogP contribution in [0.5, 0.6) is 0 Å². The van der Waals surface area contributed by atoms with Crippen LogP contribution in [0.2, 0.25) is 0 Å². The highest BCUT2D eigenvalue weighted by molar-refractivity contribution is 6.00. The van der Waals surface area contributed by atoms with E-state index in [4.69, 9.17) is 5.26 Å². The van der Waals surface area contributed by atoms with Crippen molar-refractivity contribution in [1.29, 1.82) is 5.26 Å². The smallest absolute Gasteiger partial charge is 0.308 e. The van der Waals surface area contributed by atoms with Gasteiger partial charge in [-0.25, -0.2) is 0 Å². The number of rotatable bonds is 4. The van der Waals surface area contributed by atoms with E-state index < -0.39 is 11.9 Å². The van der Waals surface area contributed by atoms with Crippen LogP contribution in [-0.2, 0) is 9.53 Å². The van der Waals surface area contributed by atoms with Crippen LogP contribution in [0, 0.1) is 17.2 Å². The van der Waals surface area contributed by atoms with Crippen molar-refractivity contribution in [3.63, 3.8) is 0 Å². The molecule has 0 radical (unpaired) electrons. The second kappa shape index (κ2) is 5.80. The standard InChI is InChI=1S/C13H13NO3/c1-9(13(16)17-2)7-12(15)11-6-4-3-5-10(11)8-14/h3-6,9H,7H2,1-2H3. The van der Waals surface area contributed by atoms with Crippen molar-refractivity contribution in [2.24, 2.45) is 5.92 Å². The van der Waals surface area contributed by atoms with Gasteiger partial charge in [0.05, 0.1) is 24.7 Å². The summed E-state index contributed by atoms with van der Waals surface area (Å²) in [5.41, 5.74) is 0.681. The fraction of sp³-hybridized carbons (Fsp3) is 0.308. The number of esters is 1. The summed E-state index contributed by atoms with van der Waals surface area (Å²) in [7, 11) is 1.28. The van der Waals surface area contributed by atoms with Crippen LogP contribution < -0.4 is 0 Å². The molecule has 88 valence electrons. The van der Waals surface area contributed by atoms with Crippen LogP contribution in [0.25, 0.3) is 0 Å². The van der Waals surface area contributed by atoms with Crippen molar-refractivity contribution in [2.45, 2.75) is 13.3 Å². The number of nitrogens with zero attached hydrogens (tertiary/aromatic N) is 1. The number of carbonyl (C=O) groups excluding carboxylic acids is 2. The van der Waals surface area contributed by atoms with E-state index in [1.807, 2.05) is 6.07 Å². The van der Waals surface area contributed by atoms with Gasteiger partial charge in [-0.1, -0.05) is 25.1 Å². The summed E-state index contributed by atoms with van der Waals surface area (Å²) in [5.74, 6) is -1.15. The zero-order chi connectivity index (χ0) is 12.8. The molecule has 0 saturated heterocycles. The highest BCUT2D eigenvalue weighted by Gasteiger charge is 2.19. The monoisotopic (exact) mass is 231 g/mol. The summed E-state index contributed by atoms with van der Waals surface area (Å²) in [5, 5.41) is 8.86. The number of hydrogen-bond donors (Lipinski definition) is 0. The molecule has 1 atom stereocenters. The average Bonchev–Trinajstić information content (AvgIpc) is 2.37. The zero-order valence-corrected chi connectivity index (χ0v) is 9.77. The first-order valence-corrected chi connectivity index (χ1v) is 5.20. The molecule has 0 amide bonds. The zero-order valence-electron chi connectivity index (χ0n) is 9.77. The molecule has 1 aromatic rings. The number of carbonyl (C=O) groups is 2. The van der Waals surface area contributed by atoms with Gasteiger partial charge in [0.25, 0.3) is 0 Å². The summed E-state index contributed by atoms with van der Waals surface area (Å²) in [6.07, 6.45) is 0.0470. The van der Waals surface area contributed by atoms with Gasteiger partial charge in [-0.15, -0.1) is 0 Å². The third-order valence-corrected chi connectivity index (χ3v) is 2.44. The molecular weight excluding hydrogens is 218 g/mol. The predicted octanol–water partition coefficient (Wildman–Crippen LogP) is 1.94. The van der Waals surface area contributed by atoms with Crippen molar-refractivity contribution in [1.82, 2.24) is 0 Å². The molecule has 0 saturated carbocycles. The van der Waals surface area contributed by atoms with Gasteiger partial charge in [0.2, 0.25) is 0 Å². The third kappa shape index (κ3) is 3.15. The van der Waals surface area contributed by atoms with E-state index in [1.54, 1.807) is 31.2 Å². The molecule has 1 unspecified atom stereocenters. The van der Waals surface area contributed by atoms with E-state index in [2.05, 4.69) is 4.74 Å². The van der Waals surface area contributed by atoms with Crippen molar-refractivity contribution in [3.8, 4) is 6.07 Å². The lowest BCUT2D eigenvalue weighted by Crippen LogP contribution is -2.17. The summed E-state index contributed by atoms with van der Waals surface area (Å²) in [4.78, 5) is 23.1. The van der Waals surface area contributed by atoms with Crippen LogP contribution in [0.1, 0.15) is 29.3 Å². The Hall–Kier alpha value is -2.15. The maximum absolute atomic E-state index is 11.9. The first kappa shape index (κ1) is 12.9. The van der Waals surface area contributed by atoms with Crippen LogP contribution in [-0.4, -0.2) is 18.9 Å². The predicted molar refractivity (Wildman–Crippen MR) is 61.3 cm³/mol.